The molecule has 8 heteroatoms. The van der Waals surface area contributed by atoms with Crippen molar-refractivity contribution in [3.05, 3.63) is 29.3 Å². The van der Waals surface area contributed by atoms with Crippen LogP contribution in [-0.4, -0.2) is 25.0 Å². The molecule has 0 bridgehead atoms. The first-order valence-corrected chi connectivity index (χ1v) is 6.81. The number of alkyl halides is 3. The highest BCUT2D eigenvalue weighted by Gasteiger charge is 2.47. The number of halogens is 3. The van der Waals surface area contributed by atoms with E-state index in [0.29, 0.717) is 24.5 Å². The van der Waals surface area contributed by atoms with E-state index in [-0.39, 0.29) is 5.92 Å². The van der Waals surface area contributed by atoms with Crippen LogP contribution in [0, 0.1) is 0 Å². The van der Waals surface area contributed by atoms with E-state index in [1.54, 1.807) is 0 Å². The first-order valence-electron chi connectivity index (χ1n) is 5.32. The highest BCUT2D eigenvalue weighted by atomic mass is 32.2. The number of rotatable bonds is 3. The van der Waals surface area contributed by atoms with Crippen LogP contribution in [0.1, 0.15) is 34.7 Å². The molecule has 4 nitrogen and oxygen atoms in total. The second kappa shape index (κ2) is 4.22. The van der Waals surface area contributed by atoms with Gasteiger partial charge in [-0.15, -0.1) is 0 Å². The van der Waals surface area contributed by atoms with Gasteiger partial charge in [0, 0.05) is 0 Å². The second-order valence-electron chi connectivity index (χ2n) is 4.32. The largest absolute Gasteiger partial charge is 0.501 e. The molecule has 0 aromatic heterocycles. The maximum atomic E-state index is 12.5. The van der Waals surface area contributed by atoms with Crippen molar-refractivity contribution in [1.29, 1.82) is 0 Å². The van der Waals surface area contributed by atoms with E-state index in [2.05, 4.69) is 0 Å². The average Bonchev–Trinajstić information content (AvgIpc) is 3.10. The lowest BCUT2D eigenvalue weighted by Gasteiger charge is -2.10. The van der Waals surface area contributed by atoms with Crippen molar-refractivity contribution in [3.8, 4) is 0 Å². The zero-order valence-corrected chi connectivity index (χ0v) is 10.3. The maximum absolute atomic E-state index is 12.5. The monoisotopic (exact) mass is 294 g/mol. The van der Waals surface area contributed by atoms with Gasteiger partial charge in [-0.1, -0.05) is 0 Å². The van der Waals surface area contributed by atoms with Gasteiger partial charge in [-0.3, -0.25) is 0 Å². The highest BCUT2D eigenvalue weighted by molar-refractivity contribution is 7.92. The van der Waals surface area contributed by atoms with Crippen LogP contribution in [-0.2, 0) is 9.84 Å². The molecule has 0 heterocycles. The Morgan fingerprint density at radius 2 is 1.79 bits per heavy atom. The summed E-state index contributed by atoms with van der Waals surface area (Å²) < 4.78 is 60.0. The van der Waals surface area contributed by atoms with Crippen LogP contribution in [0.15, 0.2) is 23.1 Å². The summed E-state index contributed by atoms with van der Waals surface area (Å²) in [6, 6.07) is 2.67. The maximum Gasteiger partial charge on any atom is 0.501 e. The molecule has 1 aromatic rings. The Morgan fingerprint density at radius 1 is 1.21 bits per heavy atom. The average molecular weight is 294 g/mol. The van der Waals surface area contributed by atoms with Crippen LogP contribution in [0.3, 0.4) is 0 Å². The van der Waals surface area contributed by atoms with E-state index in [1.165, 1.54) is 6.07 Å². The van der Waals surface area contributed by atoms with Crippen LogP contribution in [0.4, 0.5) is 13.2 Å². The predicted molar refractivity (Wildman–Crippen MR) is 58.6 cm³/mol. The third kappa shape index (κ3) is 2.58. The first-order chi connectivity index (χ1) is 8.63. The lowest BCUT2D eigenvalue weighted by atomic mass is 10.1. The van der Waals surface area contributed by atoms with Crippen molar-refractivity contribution < 1.29 is 31.5 Å². The van der Waals surface area contributed by atoms with Crippen molar-refractivity contribution in [2.24, 2.45) is 0 Å². The molecule has 0 aliphatic heterocycles. The van der Waals surface area contributed by atoms with Gasteiger partial charge < -0.3 is 5.11 Å². The van der Waals surface area contributed by atoms with E-state index in [4.69, 9.17) is 5.11 Å². The fraction of sp³-hybridized carbons (Fsp3) is 0.364. The Hall–Kier alpha value is -1.57. The van der Waals surface area contributed by atoms with Crippen LogP contribution in [0.5, 0.6) is 0 Å². The number of carbonyl (C=O) groups is 1. The minimum Gasteiger partial charge on any atom is -0.478 e. The van der Waals surface area contributed by atoms with Crippen molar-refractivity contribution in [1.82, 2.24) is 0 Å². The van der Waals surface area contributed by atoms with Crippen LogP contribution in [0.2, 0.25) is 0 Å². The number of carboxylic acid groups (broad SMARTS) is 1. The predicted octanol–water partition coefficient (Wildman–Crippen LogP) is 2.56. The molecular weight excluding hydrogens is 285 g/mol. The molecule has 0 amide bonds. The molecule has 0 saturated heterocycles. The SMILES string of the molecule is O=C(O)c1cc(C2CC2)cc(S(=O)(=O)C(F)(F)F)c1. The van der Waals surface area contributed by atoms with Gasteiger partial charge in [0.15, 0.2) is 0 Å². The first kappa shape index (κ1) is 13.9. The summed E-state index contributed by atoms with van der Waals surface area (Å²) in [6.07, 6.45) is 1.43. The fourth-order valence-electron chi connectivity index (χ4n) is 1.69. The van der Waals surface area contributed by atoms with E-state index >= 15 is 0 Å². The molecule has 2 rings (SSSR count). The summed E-state index contributed by atoms with van der Waals surface area (Å²) in [6.45, 7) is 0. The number of carboxylic acids is 1. The number of aromatic carboxylic acids is 1. The van der Waals surface area contributed by atoms with Crippen LogP contribution >= 0.6 is 0 Å². The van der Waals surface area contributed by atoms with Gasteiger partial charge in [-0.05, 0) is 42.5 Å². The molecular formula is C11H9F3O4S. The Bertz CT molecular complexity index is 630. The van der Waals surface area contributed by atoms with E-state index in [9.17, 15) is 26.4 Å². The highest BCUT2D eigenvalue weighted by Crippen LogP contribution is 2.42. The molecule has 0 atom stereocenters. The minimum atomic E-state index is -5.52. The number of hydrogen-bond acceptors (Lipinski definition) is 3. The van der Waals surface area contributed by atoms with Gasteiger partial charge in [0.1, 0.15) is 0 Å². The summed E-state index contributed by atoms with van der Waals surface area (Å²) in [5.74, 6) is -1.51. The molecule has 1 saturated carbocycles. The number of hydrogen-bond donors (Lipinski definition) is 1. The van der Waals surface area contributed by atoms with Crippen LogP contribution < -0.4 is 0 Å². The molecule has 1 fully saturated rings. The summed E-state index contributed by atoms with van der Waals surface area (Å²) in [7, 11) is -5.52. The van der Waals surface area contributed by atoms with Gasteiger partial charge in [0.2, 0.25) is 0 Å². The Balaban J connectivity index is 2.60. The van der Waals surface area contributed by atoms with Gasteiger partial charge >= 0.3 is 11.5 Å². The molecule has 19 heavy (non-hydrogen) atoms. The smallest absolute Gasteiger partial charge is 0.478 e. The summed E-state index contributed by atoms with van der Waals surface area (Å²) >= 11 is 0. The zero-order valence-electron chi connectivity index (χ0n) is 9.44. The standard InChI is InChI=1S/C11H9F3O4S/c12-11(13,14)19(17,18)9-4-7(6-1-2-6)3-8(5-9)10(15)16/h3-6H,1-2H2,(H,15,16). The Kier molecular flexibility index (Phi) is 3.08. The molecule has 0 unspecified atom stereocenters. The molecule has 0 spiro atoms. The third-order valence-electron chi connectivity index (χ3n) is 2.84. The molecule has 0 radical (unpaired) electrons. The summed E-state index contributed by atoms with van der Waals surface area (Å²) in [5, 5.41) is 8.83. The second-order valence-corrected chi connectivity index (χ2v) is 6.26. The summed E-state index contributed by atoms with van der Waals surface area (Å²) in [4.78, 5) is 9.84. The van der Waals surface area contributed by atoms with E-state index < -0.39 is 31.8 Å². The molecule has 1 N–H and O–H groups in total. The number of benzene rings is 1. The van der Waals surface area contributed by atoms with E-state index in [0.717, 1.165) is 6.07 Å². The van der Waals surface area contributed by atoms with Gasteiger partial charge in [0.25, 0.3) is 9.84 Å². The minimum absolute atomic E-state index is 0.0542. The zero-order chi connectivity index (χ0) is 14.4. The van der Waals surface area contributed by atoms with E-state index in [1.807, 2.05) is 0 Å². The lowest BCUT2D eigenvalue weighted by Crippen LogP contribution is -2.23. The molecule has 1 aliphatic rings. The van der Waals surface area contributed by atoms with Crippen molar-refractivity contribution in [3.63, 3.8) is 0 Å². The number of sulfone groups is 1. The van der Waals surface area contributed by atoms with Crippen molar-refractivity contribution in [2.45, 2.75) is 29.2 Å². The van der Waals surface area contributed by atoms with Crippen molar-refractivity contribution in [2.75, 3.05) is 0 Å². The topological polar surface area (TPSA) is 71.4 Å². The van der Waals surface area contributed by atoms with Gasteiger partial charge in [-0.2, -0.15) is 13.2 Å². The van der Waals surface area contributed by atoms with Gasteiger partial charge in [-0.25, -0.2) is 13.2 Å². The Morgan fingerprint density at radius 3 is 2.21 bits per heavy atom. The third-order valence-corrected chi connectivity index (χ3v) is 4.31. The van der Waals surface area contributed by atoms with Crippen molar-refractivity contribution >= 4 is 15.8 Å². The van der Waals surface area contributed by atoms with Gasteiger partial charge in [0.05, 0.1) is 10.5 Å². The lowest BCUT2D eigenvalue weighted by molar-refractivity contribution is -0.0436. The quantitative estimate of drug-likeness (QED) is 0.930. The summed E-state index contributed by atoms with van der Waals surface area (Å²) in [5.41, 5.74) is -5.57. The fourth-order valence-corrected chi connectivity index (χ4v) is 2.53. The molecule has 104 valence electrons. The molecule has 1 aromatic carbocycles. The van der Waals surface area contributed by atoms with Crippen LogP contribution in [0.25, 0.3) is 0 Å². The Labute approximate surface area is 106 Å². The normalized spacial score (nSPS) is 16.4. The molecule has 1 aliphatic carbocycles.